The van der Waals surface area contributed by atoms with Gasteiger partial charge in [0, 0.05) is 12.6 Å². The molecule has 150 valence electrons. The van der Waals surface area contributed by atoms with Crippen molar-refractivity contribution in [3.05, 3.63) is 35.4 Å². The van der Waals surface area contributed by atoms with Gasteiger partial charge in [0.25, 0.3) is 0 Å². The van der Waals surface area contributed by atoms with Crippen LogP contribution in [0.5, 0.6) is 0 Å². The summed E-state index contributed by atoms with van der Waals surface area (Å²) in [5.41, 5.74) is 0.623. The van der Waals surface area contributed by atoms with Gasteiger partial charge in [-0.15, -0.1) is 0 Å². The van der Waals surface area contributed by atoms with Crippen LogP contribution < -0.4 is 10.6 Å². The van der Waals surface area contributed by atoms with E-state index in [9.17, 15) is 17.2 Å². The molecule has 1 aromatic rings. The fourth-order valence-electron chi connectivity index (χ4n) is 3.70. The molecule has 1 heterocycles. The number of rotatable bonds is 5. The molecule has 2 atom stereocenters. The van der Waals surface area contributed by atoms with Crippen LogP contribution in [-0.2, 0) is 9.84 Å². The lowest BCUT2D eigenvalue weighted by Gasteiger charge is -2.22. The molecule has 0 amide bonds. The highest BCUT2D eigenvalue weighted by molar-refractivity contribution is 7.91. The Morgan fingerprint density at radius 1 is 1.22 bits per heavy atom. The van der Waals surface area contributed by atoms with Crippen LogP contribution in [0.4, 0.5) is 8.78 Å². The summed E-state index contributed by atoms with van der Waals surface area (Å²) in [7, 11) is -2.93. The first-order valence-electron chi connectivity index (χ1n) is 9.55. The summed E-state index contributed by atoms with van der Waals surface area (Å²) in [6.07, 6.45) is 5.12. The van der Waals surface area contributed by atoms with Gasteiger partial charge in [-0.05, 0) is 49.8 Å². The number of sulfone groups is 1. The second kappa shape index (κ2) is 8.54. The highest BCUT2D eigenvalue weighted by atomic mass is 32.2. The second-order valence-electron chi connectivity index (χ2n) is 7.62. The lowest BCUT2D eigenvalue weighted by Crippen LogP contribution is -2.43. The van der Waals surface area contributed by atoms with E-state index in [0.29, 0.717) is 30.5 Å². The fourth-order valence-corrected chi connectivity index (χ4v) is 5.55. The summed E-state index contributed by atoms with van der Waals surface area (Å²) in [6.45, 7) is 2.30. The Kier molecular flexibility index (Phi) is 6.34. The molecular formula is C19H27F2N3O2S. The van der Waals surface area contributed by atoms with Crippen LogP contribution in [0, 0.1) is 17.6 Å². The van der Waals surface area contributed by atoms with Gasteiger partial charge in [-0.1, -0.05) is 18.9 Å². The maximum atomic E-state index is 13.5. The van der Waals surface area contributed by atoms with Crippen molar-refractivity contribution in [3.8, 4) is 0 Å². The van der Waals surface area contributed by atoms with Crippen molar-refractivity contribution in [3.63, 3.8) is 0 Å². The standard InChI is InChI=1S/C19H27F2N3O2S/c1-13(15-6-7-17(20)18(21)10-15)23-19(24-16-4-2-3-5-16)22-11-14-8-9-27(25,26)12-14/h6-7,10,13-14,16H,2-5,8-9,11-12H2,1H3,(H2,22,23,24). The molecule has 1 aliphatic heterocycles. The quantitative estimate of drug-likeness (QED) is 0.590. The summed E-state index contributed by atoms with van der Waals surface area (Å²) in [5.74, 6) is -0.687. The molecule has 5 nitrogen and oxygen atoms in total. The Bertz CT molecular complexity index is 792. The average Bonchev–Trinajstić information content (AvgIpc) is 3.24. The molecule has 1 saturated heterocycles. The molecule has 0 bridgehead atoms. The minimum Gasteiger partial charge on any atom is -0.354 e. The highest BCUT2D eigenvalue weighted by Crippen LogP contribution is 2.21. The second-order valence-corrected chi connectivity index (χ2v) is 9.85. The summed E-state index contributed by atoms with van der Waals surface area (Å²) in [4.78, 5) is 4.60. The van der Waals surface area contributed by atoms with Crippen molar-refractivity contribution in [2.24, 2.45) is 10.9 Å². The number of hydrogen-bond acceptors (Lipinski definition) is 3. The number of nitrogens with one attached hydrogen (secondary N) is 2. The summed E-state index contributed by atoms with van der Waals surface area (Å²) in [5, 5.41) is 6.66. The van der Waals surface area contributed by atoms with Crippen LogP contribution in [0.1, 0.15) is 50.6 Å². The molecule has 1 aromatic carbocycles. The first-order chi connectivity index (χ1) is 12.8. The van der Waals surface area contributed by atoms with Crippen LogP contribution >= 0.6 is 0 Å². The van der Waals surface area contributed by atoms with E-state index >= 15 is 0 Å². The lowest BCUT2D eigenvalue weighted by atomic mass is 10.1. The van der Waals surface area contributed by atoms with E-state index in [2.05, 4.69) is 15.6 Å². The van der Waals surface area contributed by atoms with Crippen molar-refractivity contribution < 1.29 is 17.2 Å². The largest absolute Gasteiger partial charge is 0.354 e. The van der Waals surface area contributed by atoms with E-state index in [0.717, 1.165) is 18.9 Å². The molecule has 1 saturated carbocycles. The minimum absolute atomic E-state index is 0.0377. The molecule has 3 rings (SSSR count). The van der Waals surface area contributed by atoms with E-state index < -0.39 is 21.5 Å². The number of benzene rings is 1. The third-order valence-corrected chi connectivity index (χ3v) is 7.16. The van der Waals surface area contributed by atoms with Crippen LogP contribution in [0.2, 0.25) is 0 Å². The van der Waals surface area contributed by atoms with E-state index in [1.165, 1.54) is 18.9 Å². The smallest absolute Gasteiger partial charge is 0.191 e. The van der Waals surface area contributed by atoms with Crippen molar-refractivity contribution in [1.29, 1.82) is 0 Å². The van der Waals surface area contributed by atoms with Gasteiger partial charge >= 0.3 is 0 Å². The Morgan fingerprint density at radius 3 is 2.59 bits per heavy atom. The third-order valence-electron chi connectivity index (χ3n) is 5.33. The predicted molar refractivity (Wildman–Crippen MR) is 102 cm³/mol. The summed E-state index contributed by atoms with van der Waals surface area (Å²) >= 11 is 0. The van der Waals surface area contributed by atoms with Crippen LogP contribution in [0.3, 0.4) is 0 Å². The van der Waals surface area contributed by atoms with Gasteiger partial charge < -0.3 is 10.6 Å². The van der Waals surface area contributed by atoms with Crippen LogP contribution in [0.15, 0.2) is 23.2 Å². The molecule has 27 heavy (non-hydrogen) atoms. The first kappa shape index (κ1) is 20.0. The molecule has 8 heteroatoms. The SMILES string of the molecule is CC(NC(=NCC1CCS(=O)(=O)C1)NC1CCCC1)c1ccc(F)c(F)c1. The Balaban J connectivity index is 1.68. The number of nitrogens with zero attached hydrogens (tertiary/aromatic N) is 1. The van der Waals surface area contributed by atoms with Crippen molar-refractivity contribution in [1.82, 2.24) is 10.6 Å². The van der Waals surface area contributed by atoms with Gasteiger partial charge in [0.15, 0.2) is 27.4 Å². The third kappa shape index (κ3) is 5.64. The molecule has 2 N–H and O–H groups in total. The Morgan fingerprint density at radius 2 is 1.96 bits per heavy atom. The maximum absolute atomic E-state index is 13.5. The monoisotopic (exact) mass is 399 g/mol. The number of aliphatic imine (C=N–C) groups is 1. The molecular weight excluding hydrogens is 372 g/mol. The lowest BCUT2D eigenvalue weighted by molar-refractivity contribution is 0.504. The molecule has 0 aromatic heterocycles. The summed E-state index contributed by atoms with van der Waals surface area (Å²) < 4.78 is 50.0. The number of halogens is 2. The zero-order valence-electron chi connectivity index (χ0n) is 15.5. The highest BCUT2D eigenvalue weighted by Gasteiger charge is 2.28. The van der Waals surface area contributed by atoms with E-state index in [4.69, 9.17) is 0 Å². The Hall–Kier alpha value is -1.70. The zero-order valence-corrected chi connectivity index (χ0v) is 16.4. The van der Waals surface area contributed by atoms with Crippen LogP contribution in [0.25, 0.3) is 0 Å². The predicted octanol–water partition coefficient (Wildman–Crippen LogP) is 2.94. The maximum Gasteiger partial charge on any atom is 0.191 e. The summed E-state index contributed by atoms with van der Waals surface area (Å²) in [6, 6.07) is 3.92. The van der Waals surface area contributed by atoms with Crippen molar-refractivity contribution >= 4 is 15.8 Å². The van der Waals surface area contributed by atoms with E-state index in [-0.39, 0.29) is 23.5 Å². The van der Waals surface area contributed by atoms with Crippen molar-refractivity contribution in [2.75, 3.05) is 18.1 Å². The van der Waals surface area contributed by atoms with Crippen LogP contribution in [-0.4, -0.2) is 38.5 Å². The number of hydrogen-bond donors (Lipinski definition) is 2. The molecule has 2 unspecified atom stereocenters. The minimum atomic E-state index is -2.93. The van der Waals surface area contributed by atoms with Crippen molar-refractivity contribution in [2.45, 2.75) is 51.1 Å². The molecule has 1 aliphatic carbocycles. The molecule has 0 radical (unpaired) electrons. The normalized spacial score (nSPS) is 24.1. The van der Waals surface area contributed by atoms with Gasteiger partial charge in [-0.25, -0.2) is 17.2 Å². The van der Waals surface area contributed by atoms with Gasteiger partial charge in [0.2, 0.25) is 0 Å². The fraction of sp³-hybridized carbons (Fsp3) is 0.632. The first-order valence-corrected chi connectivity index (χ1v) is 11.4. The Labute approximate surface area is 159 Å². The van der Waals surface area contributed by atoms with E-state index in [1.807, 2.05) is 6.92 Å². The zero-order chi connectivity index (χ0) is 19.4. The van der Waals surface area contributed by atoms with Gasteiger partial charge in [0.1, 0.15) is 0 Å². The van der Waals surface area contributed by atoms with Gasteiger partial charge in [-0.3, -0.25) is 4.99 Å². The topological polar surface area (TPSA) is 70.6 Å². The molecule has 2 fully saturated rings. The van der Waals surface area contributed by atoms with Gasteiger partial charge in [-0.2, -0.15) is 0 Å². The van der Waals surface area contributed by atoms with E-state index in [1.54, 1.807) is 6.07 Å². The van der Waals surface area contributed by atoms with Gasteiger partial charge in [0.05, 0.1) is 17.5 Å². The molecule has 2 aliphatic rings. The number of guanidine groups is 1. The average molecular weight is 400 g/mol. The molecule has 0 spiro atoms.